The molecule has 0 spiro atoms. The van der Waals surface area contributed by atoms with Gasteiger partial charge in [-0.1, -0.05) is 6.07 Å². The summed E-state index contributed by atoms with van der Waals surface area (Å²) in [6.45, 7) is 0.451. The number of ether oxygens (including phenoxy) is 2. The smallest absolute Gasteiger partial charge is 0.226 e. The number of hydrogen-bond donors (Lipinski definition) is 2. The highest BCUT2D eigenvalue weighted by Gasteiger charge is 2.09. The predicted molar refractivity (Wildman–Crippen MR) is 92.4 cm³/mol. The number of nitrogens with zero attached hydrogens (tertiary/aromatic N) is 1. The molecule has 1 amide bonds. The summed E-state index contributed by atoms with van der Waals surface area (Å²) in [6.07, 6.45) is 0.275. The third-order valence-electron chi connectivity index (χ3n) is 3.35. The minimum atomic E-state index is -0.148. The maximum atomic E-state index is 12.1. The standard InChI is InChI=1S/C18H19N3O3/c1-23-15-6-7-17(24-2)16(11-15)21-18(22)8-9-20-14-5-3-4-13(10-14)12-19/h3-7,10-11,20H,8-9H2,1-2H3,(H,21,22). The molecule has 2 N–H and O–H groups in total. The van der Waals surface area contributed by atoms with Crippen molar-refractivity contribution in [3.63, 3.8) is 0 Å². The van der Waals surface area contributed by atoms with Gasteiger partial charge in [0.15, 0.2) is 0 Å². The molecule has 0 heterocycles. The Hall–Kier alpha value is -3.20. The van der Waals surface area contributed by atoms with Crippen LogP contribution < -0.4 is 20.1 Å². The fraction of sp³-hybridized carbons (Fsp3) is 0.222. The molecule has 0 aliphatic rings. The highest BCUT2D eigenvalue weighted by atomic mass is 16.5. The third-order valence-corrected chi connectivity index (χ3v) is 3.35. The van der Waals surface area contributed by atoms with E-state index >= 15 is 0 Å². The average molecular weight is 325 g/mol. The van der Waals surface area contributed by atoms with Crippen molar-refractivity contribution in [2.75, 3.05) is 31.4 Å². The van der Waals surface area contributed by atoms with Crippen molar-refractivity contribution < 1.29 is 14.3 Å². The monoisotopic (exact) mass is 325 g/mol. The van der Waals surface area contributed by atoms with E-state index in [4.69, 9.17) is 14.7 Å². The van der Waals surface area contributed by atoms with Gasteiger partial charge in [0, 0.05) is 24.7 Å². The van der Waals surface area contributed by atoms with E-state index < -0.39 is 0 Å². The van der Waals surface area contributed by atoms with Crippen LogP contribution in [0.15, 0.2) is 42.5 Å². The zero-order chi connectivity index (χ0) is 17.4. The first-order valence-electron chi connectivity index (χ1n) is 7.42. The minimum Gasteiger partial charge on any atom is -0.497 e. The van der Waals surface area contributed by atoms with Crippen LogP contribution in [-0.4, -0.2) is 26.7 Å². The summed E-state index contributed by atoms with van der Waals surface area (Å²) in [7, 11) is 3.11. The zero-order valence-corrected chi connectivity index (χ0v) is 13.6. The molecular weight excluding hydrogens is 306 g/mol. The first-order valence-corrected chi connectivity index (χ1v) is 7.42. The van der Waals surface area contributed by atoms with Crippen molar-refractivity contribution in [1.82, 2.24) is 0 Å². The molecule has 0 saturated heterocycles. The lowest BCUT2D eigenvalue weighted by atomic mass is 10.2. The maximum Gasteiger partial charge on any atom is 0.226 e. The van der Waals surface area contributed by atoms with E-state index in [1.54, 1.807) is 50.6 Å². The van der Waals surface area contributed by atoms with Gasteiger partial charge in [-0.25, -0.2) is 0 Å². The first-order chi connectivity index (χ1) is 11.7. The molecule has 0 saturated carbocycles. The van der Waals surface area contributed by atoms with Crippen LogP contribution in [0, 0.1) is 11.3 Å². The van der Waals surface area contributed by atoms with Gasteiger partial charge in [-0.05, 0) is 30.3 Å². The van der Waals surface area contributed by atoms with E-state index in [1.807, 2.05) is 6.07 Å². The molecule has 0 unspecified atom stereocenters. The molecule has 0 bridgehead atoms. The van der Waals surface area contributed by atoms with Crippen molar-refractivity contribution in [2.24, 2.45) is 0 Å². The van der Waals surface area contributed by atoms with E-state index in [-0.39, 0.29) is 12.3 Å². The summed E-state index contributed by atoms with van der Waals surface area (Å²) < 4.78 is 10.4. The van der Waals surface area contributed by atoms with Gasteiger partial charge < -0.3 is 20.1 Å². The van der Waals surface area contributed by atoms with Crippen LogP contribution in [-0.2, 0) is 4.79 Å². The second-order valence-electron chi connectivity index (χ2n) is 4.98. The fourth-order valence-corrected chi connectivity index (χ4v) is 2.14. The highest BCUT2D eigenvalue weighted by Crippen LogP contribution is 2.28. The number of amides is 1. The number of rotatable bonds is 7. The maximum absolute atomic E-state index is 12.1. The van der Waals surface area contributed by atoms with Crippen molar-refractivity contribution in [2.45, 2.75) is 6.42 Å². The van der Waals surface area contributed by atoms with E-state index in [0.717, 1.165) is 5.69 Å². The van der Waals surface area contributed by atoms with E-state index in [0.29, 0.717) is 29.3 Å². The highest BCUT2D eigenvalue weighted by molar-refractivity contribution is 5.92. The lowest BCUT2D eigenvalue weighted by Crippen LogP contribution is -2.16. The SMILES string of the molecule is COc1ccc(OC)c(NC(=O)CCNc2cccc(C#N)c2)c1. The largest absolute Gasteiger partial charge is 0.497 e. The van der Waals surface area contributed by atoms with Gasteiger partial charge in [0.25, 0.3) is 0 Å². The molecule has 2 aromatic carbocycles. The number of hydrogen-bond acceptors (Lipinski definition) is 5. The topological polar surface area (TPSA) is 83.4 Å². The molecule has 0 atom stereocenters. The Bertz CT molecular complexity index is 753. The van der Waals surface area contributed by atoms with Crippen molar-refractivity contribution >= 4 is 17.3 Å². The Morgan fingerprint density at radius 2 is 2.00 bits per heavy atom. The molecule has 2 aromatic rings. The number of methoxy groups -OCH3 is 2. The average Bonchev–Trinajstić information content (AvgIpc) is 2.61. The van der Waals surface area contributed by atoms with E-state index in [1.165, 1.54) is 0 Å². The molecule has 124 valence electrons. The Morgan fingerprint density at radius 3 is 2.71 bits per heavy atom. The molecule has 6 heteroatoms. The van der Waals surface area contributed by atoms with Crippen LogP contribution in [0.2, 0.25) is 0 Å². The van der Waals surface area contributed by atoms with Crippen LogP contribution in [0.3, 0.4) is 0 Å². The Kier molecular flexibility index (Phi) is 6.03. The molecular formula is C18H19N3O3. The summed E-state index contributed by atoms with van der Waals surface area (Å²) >= 11 is 0. The number of benzene rings is 2. The van der Waals surface area contributed by atoms with E-state index in [9.17, 15) is 4.79 Å². The predicted octanol–water partition coefficient (Wildman–Crippen LogP) is 3.02. The molecule has 0 aliphatic heterocycles. The molecule has 0 radical (unpaired) electrons. The van der Waals surface area contributed by atoms with Crippen molar-refractivity contribution in [3.05, 3.63) is 48.0 Å². The quantitative estimate of drug-likeness (QED) is 0.817. The lowest BCUT2D eigenvalue weighted by Gasteiger charge is -2.12. The number of carbonyl (C=O) groups excluding carboxylic acids is 1. The number of nitriles is 1. The summed E-state index contributed by atoms with van der Waals surface area (Å²) in [5.41, 5.74) is 1.94. The Morgan fingerprint density at radius 1 is 1.17 bits per heavy atom. The summed E-state index contributed by atoms with van der Waals surface area (Å²) in [6, 6.07) is 14.4. The number of anilines is 2. The normalized spacial score (nSPS) is 9.71. The summed E-state index contributed by atoms with van der Waals surface area (Å²) in [5.74, 6) is 1.06. The van der Waals surface area contributed by atoms with Gasteiger partial charge >= 0.3 is 0 Å². The number of carbonyl (C=O) groups is 1. The molecule has 0 aliphatic carbocycles. The minimum absolute atomic E-state index is 0.148. The van der Waals surface area contributed by atoms with Crippen LogP contribution in [0.1, 0.15) is 12.0 Å². The van der Waals surface area contributed by atoms with Gasteiger partial charge in [-0.3, -0.25) is 4.79 Å². The third kappa shape index (κ3) is 4.65. The van der Waals surface area contributed by atoms with Crippen molar-refractivity contribution in [3.8, 4) is 17.6 Å². The zero-order valence-electron chi connectivity index (χ0n) is 13.6. The van der Waals surface area contributed by atoms with Gasteiger partial charge in [-0.15, -0.1) is 0 Å². The summed E-state index contributed by atoms with van der Waals surface area (Å²) in [5, 5.41) is 14.8. The van der Waals surface area contributed by atoms with Crippen LogP contribution in [0.25, 0.3) is 0 Å². The first kappa shape index (κ1) is 17.2. The van der Waals surface area contributed by atoms with Gasteiger partial charge in [0.05, 0.1) is 31.5 Å². The van der Waals surface area contributed by atoms with E-state index in [2.05, 4.69) is 16.7 Å². The molecule has 0 fully saturated rings. The van der Waals surface area contributed by atoms with Gasteiger partial charge in [-0.2, -0.15) is 5.26 Å². The van der Waals surface area contributed by atoms with Gasteiger partial charge in [0.1, 0.15) is 11.5 Å². The van der Waals surface area contributed by atoms with Crippen LogP contribution >= 0.6 is 0 Å². The Labute approximate surface area is 141 Å². The lowest BCUT2D eigenvalue weighted by molar-refractivity contribution is -0.115. The molecule has 2 rings (SSSR count). The second-order valence-corrected chi connectivity index (χ2v) is 4.98. The fourth-order valence-electron chi connectivity index (χ4n) is 2.14. The number of nitrogens with one attached hydrogen (secondary N) is 2. The molecule has 6 nitrogen and oxygen atoms in total. The van der Waals surface area contributed by atoms with Crippen LogP contribution in [0.4, 0.5) is 11.4 Å². The van der Waals surface area contributed by atoms with Crippen molar-refractivity contribution in [1.29, 1.82) is 5.26 Å². The summed E-state index contributed by atoms with van der Waals surface area (Å²) in [4.78, 5) is 12.1. The van der Waals surface area contributed by atoms with Gasteiger partial charge in [0.2, 0.25) is 5.91 Å². The molecule has 24 heavy (non-hydrogen) atoms. The Balaban J connectivity index is 1.90. The second kappa shape index (κ2) is 8.44. The molecule has 0 aromatic heterocycles. The van der Waals surface area contributed by atoms with Crippen LogP contribution in [0.5, 0.6) is 11.5 Å².